The molecule has 3 aromatic carbocycles. The number of aryl methyl sites for hydroxylation is 3. The Morgan fingerprint density at radius 1 is 0.939 bits per heavy atom. The maximum absolute atomic E-state index is 13.4. The summed E-state index contributed by atoms with van der Waals surface area (Å²) in [6.07, 6.45) is 1.80. The number of rotatable bonds is 4. The van der Waals surface area contributed by atoms with Crippen molar-refractivity contribution in [3.05, 3.63) is 94.2 Å². The number of carbonyl (C=O) groups excluding carboxylic acids is 1. The molecule has 0 fully saturated rings. The maximum Gasteiger partial charge on any atom is 0.283 e. The van der Waals surface area contributed by atoms with Gasteiger partial charge in [-0.1, -0.05) is 59.3 Å². The molecule has 166 valence electrons. The Morgan fingerprint density at radius 2 is 1.70 bits per heavy atom. The van der Waals surface area contributed by atoms with Gasteiger partial charge in [-0.3, -0.25) is 9.69 Å². The van der Waals surface area contributed by atoms with Crippen molar-refractivity contribution in [3.8, 4) is 11.5 Å². The van der Waals surface area contributed by atoms with Gasteiger partial charge in [0.2, 0.25) is 6.79 Å². The summed E-state index contributed by atoms with van der Waals surface area (Å²) < 4.78 is 10.9. The van der Waals surface area contributed by atoms with E-state index in [1.54, 1.807) is 22.7 Å². The number of ether oxygens (including phenoxy) is 2. The molecule has 1 amide bonds. The minimum atomic E-state index is -0.139. The smallest absolute Gasteiger partial charge is 0.283 e. The van der Waals surface area contributed by atoms with Crippen LogP contribution in [0.3, 0.4) is 0 Å². The average Bonchev–Trinajstić information content (AvgIpc) is 3.39. The second-order valence-electron chi connectivity index (χ2n) is 8.23. The van der Waals surface area contributed by atoms with Crippen molar-refractivity contribution in [2.45, 2.75) is 26.5 Å². The lowest BCUT2D eigenvalue weighted by molar-refractivity contribution is -0.113. The monoisotopic (exact) mass is 456 g/mol. The molecule has 2 heterocycles. The first-order valence-corrected chi connectivity index (χ1v) is 11.8. The molecule has 2 aliphatic rings. The van der Waals surface area contributed by atoms with E-state index in [1.807, 2.05) is 49.4 Å². The van der Waals surface area contributed by atoms with E-state index in [0.717, 1.165) is 22.6 Å². The Labute approximate surface area is 197 Å². The third-order valence-corrected chi connectivity index (χ3v) is 6.67. The van der Waals surface area contributed by atoms with Crippen LogP contribution in [0.15, 0.2) is 71.4 Å². The van der Waals surface area contributed by atoms with Crippen LogP contribution in [-0.4, -0.2) is 17.9 Å². The van der Waals surface area contributed by atoms with Gasteiger partial charge in [0.05, 0.1) is 5.69 Å². The third kappa shape index (κ3) is 4.39. The van der Waals surface area contributed by atoms with Crippen molar-refractivity contribution in [3.63, 3.8) is 0 Å². The number of amidine groups is 1. The van der Waals surface area contributed by atoms with Crippen molar-refractivity contribution < 1.29 is 14.3 Å². The van der Waals surface area contributed by atoms with E-state index in [-0.39, 0.29) is 12.7 Å². The Hall–Kier alpha value is -3.51. The van der Waals surface area contributed by atoms with Crippen molar-refractivity contribution in [2.24, 2.45) is 4.99 Å². The summed E-state index contributed by atoms with van der Waals surface area (Å²) >= 11 is 1.57. The highest BCUT2D eigenvalue weighted by atomic mass is 32.2. The van der Waals surface area contributed by atoms with Crippen LogP contribution in [-0.2, 0) is 10.5 Å². The number of thioether (sulfide) groups is 1. The van der Waals surface area contributed by atoms with Crippen molar-refractivity contribution in [1.29, 1.82) is 0 Å². The molecule has 6 heteroatoms. The molecular weight excluding hydrogens is 432 g/mol. The summed E-state index contributed by atoms with van der Waals surface area (Å²) in [7, 11) is 0. The first-order valence-electron chi connectivity index (χ1n) is 10.8. The fraction of sp³-hybridized carbons (Fsp3) is 0.185. The molecule has 0 radical (unpaired) electrons. The average molecular weight is 457 g/mol. The molecule has 33 heavy (non-hydrogen) atoms. The van der Waals surface area contributed by atoms with E-state index >= 15 is 0 Å². The molecule has 0 aliphatic carbocycles. The molecule has 0 saturated heterocycles. The molecule has 0 unspecified atom stereocenters. The fourth-order valence-corrected chi connectivity index (χ4v) is 4.85. The number of hydrogen-bond acceptors (Lipinski definition) is 5. The minimum absolute atomic E-state index is 0.139. The standard InChI is InChI=1S/C27H24N2O3S/c1-17-5-9-22(10-6-17)29-26(30)23(13-20-8-11-24-25(14-20)32-16-31-24)28-27(29)33-15-21-12-18(2)4-7-19(21)3/h4-14H,15-16H2,1-3H3/b23-13+. The molecule has 3 aromatic rings. The molecule has 0 bridgehead atoms. The molecule has 0 aromatic heterocycles. The van der Waals surface area contributed by atoms with E-state index < -0.39 is 0 Å². The highest BCUT2D eigenvalue weighted by Gasteiger charge is 2.32. The van der Waals surface area contributed by atoms with Crippen LogP contribution in [0.4, 0.5) is 5.69 Å². The van der Waals surface area contributed by atoms with Crippen LogP contribution in [0.1, 0.15) is 27.8 Å². The first-order chi connectivity index (χ1) is 16.0. The van der Waals surface area contributed by atoms with Gasteiger partial charge in [0.25, 0.3) is 5.91 Å². The third-order valence-electron chi connectivity index (χ3n) is 5.68. The van der Waals surface area contributed by atoms with Gasteiger partial charge < -0.3 is 9.47 Å². The molecule has 0 saturated carbocycles. The zero-order valence-electron chi connectivity index (χ0n) is 18.8. The molecule has 2 aliphatic heterocycles. The molecule has 0 spiro atoms. The van der Waals surface area contributed by atoms with Gasteiger partial charge in [-0.2, -0.15) is 0 Å². The number of fused-ring (bicyclic) bond motifs is 1. The predicted molar refractivity (Wildman–Crippen MR) is 134 cm³/mol. The van der Waals surface area contributed by atoms with Crippen LogP contribution in [0.2, 0.25) is 0 Å². The predicted octanol–water partition coefficient (Wildman–Crippen LogP) is 6.02. The van der Waals surface area contributed by atoms with Gasteiger partial charge in [0.15, 0.2) is 16.7 Å². The summed E-state index contributed by atoms with van der Waals surface area (Å²) in [5, 5.41) is 0.678. The van der Waals surface area contributed by atoms with Crippen molar-refractivity contribution >= 4 is 34.6 Å². The first kappa shape index (κ1) is 21.3. The molecule has 5 nitrogen and oxygen atoms in total. The number of nitrogens with zero attached hydrogens (tertiary/aromatic N) is 2. The largest absolute Gasteiger partial charge is 0.454 e. The molecular formula is C27H24N2O3S. The zero-order chi connectivity index (χ0) is 22.9. The minimum Gasteiger partial charge on any atom is -0.454 e. The van der Waals surface area contributed by atoms with Crippen LogP contribution >= 0.6 is 11.8 Å². The number of carbonyl (C=O) groups is 1. The SMILES string of the molecule is Cc1ccc(N2C(=O)/C(=C\c3ccc4c(c3)OCO4)N=C2SCc2cc(C)ccc2C)cc1. The number of aliphatic imine (C=N–C) groups is 1. The van der Waals surface area contributed by atoms with E-state index in [9.17, 15) is 4.79 Å². The van der Waals surface area contributed by atoms with Crippen LogP contribution < -0.4 is 14.4 Å². The number of benzene rings is 3. The van der Waals surface area contributed by atoms with Crippen molar-refractivity contribution in [2.75, 3.05) is 11.7 Å². The lowest BCUT2D eigenvalue weighted by Gasteiger charge is -2.18. The van der Waals surface area contributed by atoms with Gasteiger partial charge in [-0.15, -0.1) is 0 Å². The summed E-state index contributed by atoms with van der Waals surface area (Å²) in [5.74, 6) is 1.99. The van der Waals surface area contributed by atoms with Gasteiger partial charge in [0, 0.05) is 5.75 Å². The van der Waals surface area contributed by atoms with Gasteiger partial charge in [-0.25, -0.2) is 4.99 Å². The second-order valence-corrected chi connectivity index (χ2v) is 9.17. The topological polar surface area (TPSA) is 51.1 Å². The van der Waals surface area contributed by atoms with E-state index in [4.69, 9.17) is 14.5 Å². The highest BCUT2D eigenvalue weighted by molar-refractivity contribution is 8.13. The van der Waals surface area contributed by atoms with E-state index in [1.165, 1.54) is 16.7 Å². The number of anilines is 1. The highest BCUT2D eigenvalue weighted by Crippen LogP contribution is 2.35. The van der Waals surface area contributed by atoms with Gasteiger partial charge in [0.1, 0.15) is 5.70 Å². The summed E-state index contributed by atoms with van der Waals surface area (Å²) in [6.45, 7) is 6.45. The van der Waals surface area contributed by atoms with Crippen molar-refractivity contribution in [1.82, 2.24) is 0 Å². The van der Waals surface area contributed by atoms with E-state index in [0.29, 0.717) is 22.4 Å². The normalized spacial score (nSPS) is 16.0. The van der Waals surface area contributed by atoms with Crippen LogP contribution in [0, 0.1) is 20.8 Å². The number of amides is 1. The van der Waals surface area contributed by atoms with E-state index in [2.05, 4.69) is 32.0 Å². The fourth-order valence-electron chi connectivity index (χ4n) is 3.77. The molecule has 5 rings (SSSR count). The molecule has 0 atom stereocenters. The lowest BCUT2D eigenvalue weighted by atomic mass is 10.1. The van der Waals surface area contributed by atoms with Gasteiger partial charge >= 0.3 is 0 Å². The lowest BCUT2D eigenvalue weighted by Crippen LogP contribution is -2.30. The summed E-state index contributed by atoms with van der Waals surface area (Å²) in [4.78, 5) is 19.9. The summed E-state index contributed by atoms with van der Waals surface area (Å²) in [6, 6.07) is 20.0. The summed E-state index contributed by atoms with van der Waals surface area (Å²) in [5.41, 5.74) is 6.89. The number of hydrogen-bond donors (Lipinski definition) is 0. The maximum atomic E-state index is 13.4. The Kier molecular flexibility index (Phi) is 5.68. The Balaban J connectivity index is 1.48. The second kappa shape index (κ2) is 8.79. The quantitative estimate of drug-likeness (QED) is 0.451. The molecule has 0 N–H and O–H groups in total. The Morgan fingerprint density at radius 3 is 2.52 bits per heavy atom. The Bertz CT molecular complexity index is 1300. The van der Waals surface area contributed by atoms with Crippen LogP contribution in [0.25, 0.3) is 6.08 Å². The van der Waals surface area contributed by atoms with Crippen LogP contribution in [0.5, 0.6) is 11.5 Å². The zero-order valence-corrected chi connectivity index (χ0v) is 19.6. The van der Waals surface area contributed by atoms with Gasteiger partial charge in [-0.05, 0) is 67.8 Å².